The SMILES string of the molecule is S=P12c3ccc(-c4ccccc4)cc3Oc3ccc(-c4ccccc4)c(c31)Oc1cc(-c3ccccc3)ccc12. The van der Waals surface area contributed by atoms with Gasteiger partial charge in [0, 0.05) is 16.2 Å². The van der Waals surface area contributed by atoms with E-state index >= 15 is 0 Å². The zero-order chi connectivity index (χ0) is 26.7. The van der Waals surface area contributed by atoms with E-state index in [2.05, 4.69) is 121 Å². The molecule has 0 saturated heterocycles. The fraction of sp³-hybridized carbons (Fsp3) is 0. The highest BCUT2D eigenvalue weighted by Gasteiger charge is 2.43. The van der Waals surface area contributed by atoms with E-state index in [0.717, 1.165) is 72.3 Å². The van der Waals surface area contributed by atoms with E-state index in [1.807, 2.05) is 18.2 Å². The van der Waals surface area contributed by atoms with Crippen molar-refractivity contribution in [2.75, 3.05) is 0 Å². The Morgan fingerprint density at radius 1 is 0.425 bits per heavy atom. The molecule has 1 atom stereocenters. The Morgan fingerprint density at radius 3 is 1.48 bits per heavy atom. The van der Waals surface area contributed by atoms with Crippen LogP contribution in [0.1, 0.15) is 0 Å². The maximum Gasteiger partial charge on any atom is 0.148 e. The largest absolute Gasteiger partial charge is 0.456 e. The molecule has 0 aliphatic carbocycles. The Kier molecular flexibility index (Phi) is 5.31. The minimum atomic E-state index is -2.50. The molecule has 0 amide bonds. The number of benzene rings is 6. The summed E-state index contributed by atoms with van der Waals surface area (Å²) in [5.41, 5.74) is 6.63. The first-order valence-corrected chi connectivity index (χ1v) is 16.1. The quantitative estimate of drug-likeness (QED) is 0.205. The molecule has 0 saturated carbocycles. The Bertz CT molecular complexity index is 1950. The first kappa shape index (κ1) is 23.5. The fourth-order valence-corrected chi connectivity index (χ4v) is 10.3. The van der Waals surface area contributed by atoms with Gasteiger partial charge in [0.2, 0.25) is 0 Å². The lowest BCUT2D eigenvalue weighted by Crippen LogP contribution is -2.35. The van der Waals surface area contributed by atoms with Crippen LogP contribution < -0.4 is 25.4 Å². The standard InChI is InChI=1S/C36H23O2PS/c40-39-33-20-16-27(24-10-4-1-5-11-24)22-31(33)37-30-19-18-29(26-14-8-3-9-15-26)35(36(30)39)38-32-23-28(17-21-34(32)39)25-12-6-2-7-13-25/h1-23H. The molecule has 0 fully saturated rings. The molecule has 2 aliphatic heterocycles. The van der Waals surface area contributed by atoms with Crippen LogP contribution in [0.15, 0.2) is 140 Å². The molecule has 6 aromatic carbocycles. The van der Waals surface area contributed by atoms with Crippen molar-refractivity contribution in [3.63, 3.8) is 0 Å². The Hall–Kier alpha value is -4.43. The third kappa shape index (κ3) is 3.52. The van der Waals surface area contributed by atoms with E-state index in [4.69, 9.17) is 21.3 Å². The summed E-state index contributed by atoms with van der Waals surface area (Å²) in [5, 5.41) is 3.14. The van der Waals surface area contributed by atoms with Crippen molar-refractivity contribution in [3.05, 3.63) is 140 Å². The van der Waals surface area contributed by atoms with Crippen LogP contribution in [-0.2, 0) is 11.8 Å². The first-order valence-electron chi connectivity index (χ1n) is 13.3. The second-order valence-corrected chi connectivity index (χ2v) is 14.3. The number of fused-ring (bicyclic) bond motifs is 4. The normalized spacial score (nSPS) is 16.1. The van der Waals surface area contributed by atoms with Crippen molar-refractivity contribution in [2.45, 2.75) is 0 Å². The van der Waals surface area contributed by atoms with Crippen LogP contribution in [0.3, 0.4) is 0 Å². The van der Waals surface area contributed by atoms with Gasteiger partial charge in [-0.25, -0.2) is 0 Å². The van der Waals surface area contributed by atoms with Crippen molar-refractivity contribution in [2.24, 2.45) is 0 Å². The lowest BCUT2D eigenvalue weighted by atomic mass is 10.0. The minimum absolute atomic E-state index is 0.786. The van der Waals surface area contributed by atoms with Gasteiger partial charge in [-0.1, -0.05) is 115 Å². The molecule has 2 nitrogen and oxygen atoms in total. The maximum absolute atomic E-state index is 6.84. The molecule has 8 rings (SSSR count). The van der Waals surface area contributed by atoms with Gasteiger partial charge in [0.05, 0.1) is 11.3 Å². The van der Waals surface area contributed by atoms with Crippen molar-refractivity contribution < 1.29 is 9.47 Å². The third-order valence-electron chi connectivity index (χ3n) is 7.74. The summed E-state index contributed by atoms with van der Waals surface area (Å²) in [6.07, 6.45) is 0. The van der Waals surface area contributed by atoms with E-state index in [-0.39, 0.29) is 0 Å². The molecule has 0 N–H and O–H groups in total. The predicted octanol–water partition coefficient (Wildman–Crippen LogP) is 8.65. The molecule has 0 spiro atoms. The monoisotopic (exact) mass is 550 g/mol. The number of hydrogen-bond acceptors (Lipinski definition) is 3. The molecule has 1 unspecified atom stereocenters. The van der Waals surface area contributed by atoms with Gasteiger partial charge < -0.3 is 9.47 Å². The molecule has 2 heterocycles. The average Bonchev–Trinajstić information content (AvgIpc) is 3.02. The van der Waals surface area contributed by atoms with Crippen molar-refractivity contribution >= 4 is 33.8 Å². The van der Waals surface area contributed by atoms with E-state index in [1.165, 1.54) is 0 Å². The molecule has 40 heavy (non-hydrogen) atoms. The van der Waals surface area contributed by atoms with E-state index in [0.29, 0.717) is 0 Å². The van der Waals surface area contributed by atoms with Crippen molar-refractivity contribution in [1.82, 2.24) is 0 Å². The zero-order valence-electron chi connectivity index (χ0n) is 21.5. The smallest absolute Gasteiger partial charge is 0.148 e. The molecule has 0 aromatic heterocycles. The number of rotatable bonds is 3. The van der Waals surface area contributed by atoms with Gasteiger partial charge in [-0.3, -0.25) is 0 Å². The summed E-state index contributed by atoms with van der Waals surface area (Å²) in [4.78, 5) is 0. The average molecular weight is 551 g/mol. The molecule has 4 heteroatoms. The van der Waals surface area contributed by atoms with E-state index in [9.17, 15) is 0 Å². The molecule has 190 valence electrons. The van der Waals surface area contributed by atoms with Crippen molar-refractivity contribution in [3.8, 4) is 56.4 Å². The van der Waals surface area contributed by atoms with Crippen LogP contribution >= 0.6 is 6.04 Å². The highest BCUT2D eigenvalue weighted by Crippen LogP contribution is 2.60. The lowest BCUT2D eigenvalue weighted by molar-refractivity contribution is 0.468. The molecule has 0 radical (unpaired) electrons. The van der Waals surface area contributed by atoms with Gasteiger partial charge in [-0.2, -0.15) is 0 Å². The van der Waals surface area contributed by atoms with Crippen LogP contribution in [0.25, 0.3) is 33.4 Å². The highest BCUT2D eigenvalue weighted by atomic mass is 32.4. The Morgan fingerprint density at radius 2 is 0.925 bits per heavy atom. The fourth-order valence-electron chi connectivity index (χ4n) is 5.81. The van der Waals surface area contributed by atoms with Crippen LogP contribution in [0, 0.1) is 0 Å². The van der Waals surface area contributed by atoms with Gasteiger partial charge in [-0.05, 0) is 64.2 Å². The van der Waals surface area contributed by atoms with Crippen molar-refractivity contribution in [1.29, 1.82) is 0 Å². The first-order chi connectivity index (χ1) is 19.7. The van der Waals surface area contributed by atoms with Crippen LogP contribution in [0.5, 0.6) is 23.0 Å². The molecular weight excluding hydrogens is 527 g/mol. The molecule has 0 bridgehead atoms. The summed E-state index contributed by atoms with van der Waals surface area (Å²) in [6, 6.07) is 45.8. The third-order valence-corrected chi connectivity index (χ3v) is 12.6. The second kappa shape index (κ2) is 9.06. The van der Waals surface area contributed by atoms with E-state index in [1.54, 1.807) is 0 Å². The van der Waals surface area contributed by atoms with Gasteiger partial charge >= 0.3 is 0 Å². The zero-order valence-corrected chi connectivity index (χ0v) is 23.2. The molecular formula is C36H23O2PS. The number of hydrogen-bond donors (Lipinski definition) is 0. The Balaban J connectivity index is 1.39. The van der Waals surface area contributed by atoms with Gasteiger partial charge in [0.1, 0.15) is 23.0 Å². The summed E-state index contributed by atoms with van der Waals surface area (Å²) in [6.45, 7) is 0. The van der Waals surface area contributed by atoms with Crippen LogP contribution in [-0.4, -0.2) is 0 Å². The highest BCUT2D eigenvalue weighted by molar-refractivity contribution is 8.26. The second-order valence-electron chi connectivity index (χ2n) is 10.1. The lowest BCUT2D eigenvalue weighted by Gasteiger charge is -2.38. The Labute approximate surface area is 238 Å². The minimum Gasteiger partial charge on any atom is -0.456 e. The number of ether oxygens (including phenoxy) is 2. The van der Waals surface area contributed by atoms with Gasteiger partial charge in [0.25, 0.3) is 0 Å². The summed E-state index contributed by atoms with van der Waals surface area (Å²) in [7, 11) is 0. The summed E-state index contributed by atoms with van der Waals surface area (Å²) in [5.74, 6) is 3.25. The molecule has 6 aromatic rings. The van der Waals surface area contributed by atoms with Crippen LogP contribution in [0.2, 0.25) is 0 Å². The summed E-state index contributed by atoms with van der Waals surface area (Å²) >= 11 is 6.84. The van der Waals surface area contributed by atoms with Crippen LogP contribution in [0.4, 0.5) is 0 Å². The van der Waals surface area contributed by atoms with E-state index < -0.39 is 6.04 Å². The molecule has 2 aliphatic rings. The predicted molar refractivity (Wildman–Crippen MR) is 169 cm³/mol. The summed E-state index contributed by atoms with van der Waals surface area (Å²) < 4.78 is 13.5. The maximum atomic E-state index is 6.84. The van der Waals surface area contributed by atoms with Gasteiger partial charge in [0.15, 0.2) is 0 Å². The van der Waals surface area contributed by atoms with Gasteiger partial charge in [-0.15, -0.1) is 0 Å². The topological polar surface area (TPSA) is 18.5 Å².